The van der Waals surface area contributed by atoms with E-state index in [4.69, 9.17) is 14.4 Å². The van der Waals surface area contributed by atoms with Crippen LogP contribution in [0.3, 0.4) is 0 Å². The second kappa shape index (κ2) is 12.6. The van der Waals surface area contributed by atoms with Gasteiger partial charge in [0.1, 0.15) is 16.8 Å². The molecule has 4 aromatic heterocycles. The van der Waals surface area contributed by atoms with Crippen LogP contribution in [0.2, 0.25) is 0 Å². The van der Waals surface area contributed by atoms with Gasteiger partial charge in [-0.3, -0.25) is 0 Å². The van der Waals surface area contributed by atoms with Crippen LogP contribution >= 0.6 is 11.3 Å². The van der Waals surface area contributed by atoms with Gasteiger partial charge in [0.05, 0.1) is 11.0 Å². The molecule has 0 amide bonds. The second-order valence-electron chi connectivity index (χ2n) is 14.6. The van der Waals surface area contributed by atoms with Crippen molar-refractivity contribution in [3.05, 3.63) is 188 Å². The van der Waals surface area contributed by atoms with Crippen LogP contribution in [0.1, 0.15) is 0 Å². The van der Waals surface area contributed by atoms with Crippen LogP contribution in [0.4, 0.5) is 0 Å². The molecule has 12 aromatic rings. The van der Waals surface area contributed by atoms with E-state index in [0.717, 1.165) is 44.4 Å². The molecule has 12 rings (SSSR count). The summed E-state index contributed by atoms with van der Waals surface area (Å²) in [5.41, 5.74) is 13.3. The van der Waals surface area contributed by atoms with E-state index in [9.17, 15) is 0 Å². The van der Waals surface area contributed by atoms with Crippen molar-refractivity contribution < 1.29 is 4.42 Å². The molecule has 0 bridgehead atoms. The molecular formula is C52H31N3OS. The zero-order valence-electron chi connectivity index (χ0n) is 30.6. The predicted octanol–water partition coefficient (Wildman–Crippen LogP) is 14.5. The highest BCUT2D eigenvalue weighted by Gasteiger charge is 2.19. The van der Waals surface area contributed by atoms with Crippen molar-refractivity contribution in [2.45, 2.75) is 0 Å². The van der Waals surface area contributed by atoms with E-state index in [-0.39, 0.29) is 0 Å². The van der Waals surface area contributed by atoms with Crippen molar-refractivity contribution in [3.8, 4) is 50.6 Å². The lowest BCUT2D eigenvalue weighted by Crippen LogP contribution is -1.93. The van der Waals surface area contributed by atoms with Gasteiger partial charge in [0.15, 0.2) is 11.4 Å². The van der Waals surface area contributed by atoms with Crippen LogP contribution in [-0.2, 0) is 0 Å². The Kier molecular flexibility index (Phi) is 7.06. The molecule has 0 aliphatic carbocycles. The highest BCUT2D eigenvalue weighted by atomic mass is 32.1. The van der Waals surface area contributed by atoms with Crippen LogP contribution in [0.25, 0.3) is 115 Å². The summed E-state index contributed by atoms with van der Waals surface area (Å²) < 4.78 is 11.5. The molecule has 0 saturated heterocycles. The lowest BCUT2D eigenvalue weighted by atomic mass is 9.98. The van der Waals surface area contributed by atoms with E-state index in [1.165, 1.54) is 58.8 Å². The van der Waals surface area contributed by atoms with Gasteiger partial charge in [-0.1, -0.05) is 121 Å². The normalized spacial score (nSPS) is 11.9. The van der Waals surface area contributed by atoms with Crippen LogP contribution in [0, 0.1) is 0 Å². The molecule has 5 heteroatoms. The third-order valence-corrected chi connectivity index (χ3v) is 12.4. The van der Waals surface area contributed by atoms with E-state index in [1.807, 2.05) is 47.7 Å². The molecule has 0 aliphatic heterocycles. The van der Waals surface area contributed by atoms with E-state index in [1.54, 1.807) is 0 Å². The summed E-state index contributed by atoms with van der Waals surface area (Å²) in [5, 5.41) is 6.01. The number of para-hydroxylation sites is 2. The maximum atomic E-state index is 6.54. The zero-order chi connectivity index (χ0) is 37.5. The highest BCUT2D eigenvalue weighted by molar-refractivity contribution is 7.25. The van der Waals surface area contributed by atoms with Gasteiger partial charge in [-0.25, -0.2) is 9.97 Å². The Hall–Kier alpha value is -7.34. The van der Waals surface area contributed by atoms with Crippen molar-refractivity contribution in [2.24, 2.45) is 0 Å². The fraction of sp³-hybridized carbons (Fsp3) is 0. The molecule has 0 unspecified atom stereocenters. The molecule has 0 fully saturated rings. The zero-order valence-corrected chi connectivity index (χ0v) is 31.4. The number of nitrogens with zero attached hydrogens (tertiary/aromatic N) is 3. The average Bonchev–Trinajstić information content (AvgIpc) is 3.95. The molecule has 8 aromatic carbocycles. The van der Waals surface area contributed by atoms with Crippen LogP contribution in [0.5, 0.6) is 0 Å². The van der Waals surface area contributed by atoms with Crippen molar-refractivity contribution in [2.75, 3.05) is 0 Å². The van der Waals surface area contributed by atoms with Crippen molar-refractivity contribution in [1.29, 1.82) is 0 Å². The minimum Gasteiger partial charge on any atom is -0.452 e. The summed E-state index contributed by atoms with van der Waals surface area (Å²) in [6.07, 6.45) is 0. The molecule has 0 N–H and O–H groups in total. The molecule has 57 heavy (non-hydrogen) atoms. The van der Waals surface area contributed by atoms with Gasteiger partial charge >= 0.3 is 0 Å². The monoisotopic (exact) mass is 745 g/mol. The highest BCUT2D eigenvalue weighted by Crippen LogP contribution is 2.42. The molecule has 266 valence electrons. The number of hydrogen-bond donors (Lipinski definition) is 0. The van der Waals surface area contributed by atoms with Crippen molar-refractivity contribution >= 4 is 75.4 Å². The van der Waals surface area contributed by atoms with Crippen LogP contribution < -0.4 is 0 Å². The third kappa shape index (κ3) is 5.13. The molecule has 4 nitrogen and oxygen atoms in total. The van der Waals surface area contributed by atoms with E-state index < -0.39 is 0 Å². The molecule has 0 radical (unpaired) electrons. The topological polar surface area (TPSA) is 43.9 Å². The average molecular weight is 746 g/mol. The van der Waals surface area contributed by atoms with Crippen molar-refractivity contribution in [1.82, 2.24) is 14.5 Å². The maximum Gasteiger partial charge on any atom is 0.180 e. The lowest BCUT2D eigenvalue weighted by Gasteiger charge is -2.08. The Bertz CT molecular complexity index is 3510. The van der Waals surface area contributed by atoms with Gasteiger partial charge < -0.3 is 8.98 Å². The summed E-state index contributed by atoms with van der Waals surface area (Å²) in [6.45, 7) is 0. The summed E-state index contributed by atoms with van der Waals surface area (Å²) in [7, 11) is 0. The number of benzene rings is 8. The molecule has 0 spiro atoms. The maximum absolute atomic E-state index is 6.54. The first kappa shape index (κ1) is 32.0. The fourth-order valence-corrected chi connectivity index (χ4v) is 9.54. The van der Waals surface area contributed by atoms with E-state index in [2.05, 4.69) is 156 Å². The fourth-order valence-electron chi connectivity index (χ4n) is 8.48. The van der Waals surface area contributed by atoms with Gasteiger partial charge in [-0.05, 0) is 89.0 Å². The summed E-state index contributed by atoms with van der Waals surface area (Å²) in [6, 6.07) is 66.8. The molecule has 4 heterocycles. The van der Waals surface area contributed by atoms with Crippen molar-refractivity contribution in [3.63, 3.8) is 0 Å². The summed E-state index contributed by atoms with van der Waals surface area (Å²) in [4.78, 5) is 10.2. The number of rotatable bonds is 5. The molecule has 0 aliphatic rings. The second-order valence-corrected chi connectivity index (χ2v) is 15.6. The number of fused-ring (bicyclic) bond motifs is 9. The van der Waals surface area contributed by atoms with Gasteiger partial charge in [-0.2, -0.15) is 0 Å². The van der Waals surface area contributed by atoms with Gasteiger partial charge in [-0.15, -0.1) is 11.3 Å². The Morgan fingerprint density at radius 3 is 1.65 bits per heavy atom. The minimum atomic E-state index is 0.679. The van der Waals surface area contributed by atoms with Crippen LogP contribution in [-0.4, -0.2) is 14.5 Å². The first-order valence-electron chi connectivity index (χ1n) is 19.1. The quantitative estimate of drug-likeness (QED) is 0.176. The largest absolute Gasteiger partial charge is 0.452 e. The summed E-state index contributed by atoms with van der Waals surface area (Å²) >= 11 is 1.84. The summed E-state index contributed by atoms with van der Waals surface area (Å²) in [5.74, 6) is 0.679. The Balaban J connectivity index is 0.985. The number of thiophene rings is 1. The van der Waals surface area contributed by atoms with E-state index in [0.29, 0.717) is 11.4 Å². The standard InChI is InChI=1S/C52H31N3OS/c1-4-12-32(13-5-1)49-51-50(54-52(53-49)33-14-6-2-7-15-33)43-31-35(21-25-46(43)56-51)37-23-27-48-42(30-37)41-29-36(22-26-47(41)57-48)34-20-24-45-40(28-34)39-18-10-11-19-44(39)55(45)38-16-8-3-9-17-38/h1-31H. The minimum absolute atomic E-state index is 0.679. The number of aromatic nitrogens is 3. The predicted molar refractivity (Wildman–Crippen MR) is 238 cm³/mol. The lowest BCUT2D eigenvalue weighted by molar-refractivity contribution is 0.667. The Morgan fingerprint density at radius 1 is 0.404 bits per heavy atom. The Labute approximate surface area is 331 Å². The third-order valence-electron chi connectivity index (χ3n) is 11.2. The first-order valence-corrected chi connectivity index (χ1v) is 20.0. The molecular weight excluding hydrogens is 715 g/mol. The SMILES string of the molecule is c1ccc(-c2nc(-c3ccccc3)c3oc4ccc(-c5ccc6sc7ccc(-c8ccc9c(c8)c8ccccc8n9-c8ccccc8)cc7c6c5)cc4c3n2)cc1. The van der Waals surface area contributed by atoms with Gasteiger partial charge in [0, 0.05) is 53.1 Å². The molecule has 0 atom stereocenters. The van der Waals surface area contributed by atoms with Gasteiger partial charge in [0.25, 0.3) is 0 Å². The molecule has 0 saturated carbocycles. The van der Waals surface area contributed by atoms with Gasteiger partial charge in [0.2, 0.25) is 0 Å². The first-order chi connectivity index (χ1) is 28.2. The van der Waals surface area contributed by atoms with E-state index >= 15 is 0 Å². The number of furan rings is 1. The number of hydrogen-bond acceptors (Lipinski definition) is 4. The van der Waals surface area contributed by atoms with Crippen LogP contribution in [0.15, 0.2) is 192 Å². The smallest absolute Gasteiger partial charge is 0.180 e. The Morgan fingerprint density at radius 2 is 0.947 bits per heavy atom.